The van der Waals surface area contributed by atoms with E-state index in [4.69, 9.17) is 28.0 Å². The summed E-state index contributed by atoms with van der Waals surface area (Å²) in [7, 11) is 0.546. The lowest BCUT2D eigenvalue weighted by Crippen LogP contribution is -2.30. The molecule has 0 bridgehead atoms. The smallest absolute Gasteiger partial charge is 0.408 e. The Kier molecular flexibility index (Phi) is 9.84. The first-order valence-corrected chi connectivity index (χ1v) is 11.7. The highest BCUT2D eigenvalue weighted by atomic mass is 31.2. The van der Waals surface area contributed by atoms with E-state index in [9.17, 15) is 9.36 Å². The summed E-state index contributed by atoms with van der Waals surface area (Å²) in [6.07, 6.45) is -0.785. The van der Waals surface area contributed by atoms with Crippen molar-refractivity contribution in [3.63, 3.8) is 0 Å². The lowest BCUT2D eigenvalue weighted by molar-refractivity contribution is 0.134. The van der Waals surface area contributed by atoms with Gasteiger partial charge in [0, 0.05) is 0 Å². The predicted molar refractivity (Wildman–Crippen MR) is 119 cm³/mol. The van der Waals surface area contributed by atoms with Crippen LogP contribution in [0.1, 0.15) is 30.8 Å². The third-order valence-corrected chi connectivity index (χ3v) is 6.70. The zero-order valence-electron chi connectivity index (χ0n) is 19.0. The van der Waals surface area contributed by atoms with Crippen LogP contribution < -0.4 is 19.5 Å². The summed E-state index contributed by atoms with van der Waals surface area (Å²) in [6.45, 7) is 3.64. The van der Waals surface area contributed by atoms with Crippen LogP contribution in [0.15, 0.2) is 42.5 Å². The van der Waals surface area contributed by atoms with E-state index >= 15 is 0 Å². The third-order valence-electron chi connectivity index (χ3n) is 4.40. The predicted octanol–water partition coefficient (Wildman–Crippen LogP) is 4.90. The molecule has 2 aromatic carbocycles. The molecule has 0 aromatic heterocycles. The van der Waals surface area contributed by atoms with Gasteiger partial charge in [0.1, 0.15) is 6.61 Å². The van der Waals surface area contributed by atoms with Gasteiger partial charge in [-0.15, -0.1) is 0 Å². The van der Waals surface area contributed by atoms with E-state index in [1.807, 2.05) is 30.3 Å². The molecule has 1 N–H and O–H groups in total. The molecule has 1 amide bonds. The summed E-state index contributed by atoms with van der Waals surface area (Å²) < 4.78 is 46.1. The zero-order valence-corrected chi connectivity index (χ0v) is 19.8. The standard InChI is InChI=1S/C22H30NO8P/c1-6-30-32(25,31-7-2)21(23-22(24)29-15-16-11-9-8-10-12-16)17-13-18(26-3)20(28-5)19(14-17)27-4/h8-14,21H,6-7,15H2,1-5H3,(H,23,24). The molecule has 1 atom stereocenters. The number of carbonyl (C=O) groups excluding carboxylic acids is 1. The van der Waals surface area contributed by atoms with E-state index in [1.54, 1.807) is 26.0 Å². The maximum absolute atomic E-state index is 13.6. The van der Waals surface area contributed by atoms with Crippen LogP contribution in [-0.2, 0) is 25.0 Å². The van der Waals surface area contributed by atoms with Crippen LogP contribution >= 0.6 is 7.60 Å². The number of alkyl carbamates (subject to hydrolysis) is 1. The monoisotopic (exact) mass is 467 g/mol. The Morgan fingerprint density at radius 1 is 0.938 bits per heavy atom. The number of nitrogens with one attached hydrogen (secondary N) is 1. The fourth-order valence-electron chi connectivity index (χ4n) is 3.03. The van der Waals surface area contributed by atoms with E-state index in [2.05, 4.69) is 5.32 Å². The van der Waals surface area contributed by atoms with E-state index in [1.165, 1.54) is 21.3 Å². The molecule has 0 saturated carbocycles. The Balaban J connectivity index is 2.42. The van der Waals surface area contributed by atoms with Crippen LogP contribution in [0.25, 0.3) is 0 Å². The van der Waals surface area contributed by atoms with Crippen molar-refractivity contribution in [2.24, 2.45) is 0 Å². The van der Waals surface area contributed by atoms with Crippen LogP contribution in [0.2, 0.25) is 0 Å². The van der Waals surface area contributed by atoms with Gasteiger partial charge in [-0.05, 0) is 37.1 Å². The lowest BCUT2D eigenvalue weighted by Gasteiger charge is -2.28. The second-order valence-electron chi connectivity index (χ2n) is 6.44. The molecule has 32 heavy (non-hydrogen) atoms. The fourth-order valence-corrected chi connectivity index (χ4v) is 4.90. The van der Waals surface area contributed by atoms with Gasteiger partial charge in [0.15, 0.2) is 17.3 Å². The van der Waals surface area contributed by atoms with Gasteiger partial charge in [0.2, 0.25) is 5.75 Å². The van der Waals surface area contributed by atoms with Crippen molar-refractivity contribution < 1.29 is 37.4 Å². The van der Waals surface area contributed by atoms with Crippen molar-refractivity contribution in [1.82, 2.24) is 5.32 Å². The second kappa shape index (κ2) is 12.3. The average molecular weight is 467 g/mol. The molecule has 10 heteroatoms. The normalized spacial score (nSPS) is 12.0. The highest BCUT2D eigenvalue weighted by molar-refractivity contribution is 7.54. The van der Waals surface area contributed by atoms with Gasteiger partial charge in [-0.1, -0.05) is 30.3 Å². The summed E-state index contributed by atoms with van der Waals surface area (Å²) in [6, 6.07) is 12.4. The molecule has 0 heterocycles. The Bertz CT molecular complexity index is 886. The number of benzene rings is 2. The van der Waals surface area contributed by atoms with Gasteiger partial charge in [-0.2, -0.15) is 0 Å². The minimum absolute atomic E-state index is 0.0439. The molecular weight excluding hydrogens is 437 g/mol. The molecule has 1 unspecified atom stereocenters. The Morgan fingerprint density at radius 3 is 1.97 bits per heavy atom. The van der Waals surface area contributed by atoms with Gasteiger partial charge < -0.3 is 33.3 Å². The van der Waals surface area contributed by atoms with Gasteiger partial charge in [0.05, 0.1) is 34.5 Å². The summed E-state index contributed by atoms with van der Waals surface area (Å²) in [5, 5.41) is 2.63. The average Bonchev–Trinajstić information content (AvgIpc) is 2.81. The summed E-state index contributed by atoms with van der Waals surface area (Å²) in [5.41, 5.74) is 1.19. The SMILES string of the molecule is CCOP(=O)(OCC)C(NC(=O)OCc1ccccc1)c1cc(OC)c(OC)c(OC)c1. The number of carbonyl (C=O) groups is 1. The summed E-state index contributed by atoms with van der Waals surface area (Å²) in [5.74, 6) is -0.178. The first-order chi connectivity index (χ1) is 15.4. The number of ether oxygens (including phenoxy) is 4. The number of methoxy groups -OCH3 is 3. The van der Waals surface area contributed by atoms with Crippen molar-refractivity contribution in [3.8, 4) is 17.2 Å². The molecule has 176 valence electrons. The molecule has 0 fully saturated rings. The number of amides is 1. The maximum Gasteiger partial charge on any atom is 0.408 e. The second-order valence-corrected chi connectivity index (χ2v) is 8.56. The van der Waals surface area contributed by atoms with Crippen molar-refractivity contribution in [2.45, 2.75) is 26.2 Å². The van der Waals surface area contributed by atoms with Crippen LogP contribution in [0, 0.1) is 0 Å². The molecule has 9 nitrogen and oxygen atoms in total. The van der Waals surface area contributed by atoms with E-state index < -0.39 is 19.5 Å². The Labute approximate surface area is 188 Å². The quantitative estimate of drug-likeness (QED) is 0.440. The molecule has 0 spiro atoms. The van der Waals surface area contributed by atoms with E-state index in [-0.39, 0.29) is 19.8 Å². The molecule has 0 saturated heterocycles. The van der Waals surface area contributed by atoms with Crippen LogP contribution in [0.5, 0.6) is 17.2 Å². The van der Waals surface area contributed by atoms with Crippen LogP contribution in [-0.4, -0.2) is 40.6 Å². The topological polar surface area (TPSA) is 102 Å². The van der Waals surface area contributed by atoms with Gasteiger partial charge in [-0.25, -0.2) is 4.79 Å². The molecule has 0 aliphatic heterocycles. The summed E-state index contributed by atoms with van der Waals surface area (Å²) >= 11 is 0. The lowest BCUT2D eigenvalue weighted by atomic mass is 10.1. The van der Waals surface area contributed by atoms with Crippen molar-refractivity contribution in [1.29, 1.82) is 0 Å². The molecular formula is C22H30NO8P. The minimum Gasteiger partial charge on any atom is -0.493 e. The van der Waals surface area contributed by atoms with Crippen molar-refractivity contribution >= 4 is 13.7 Å². The highest BCUT2D eigenvalue weighted by Gasteiger charge is 2.39. The first kappa shape index (κ1) is 25.5. The minimum atomic E-state index is -3.85. The number of hydrogen-bond donors (Lipinski definition) is 1. The van der Waals surface area contributed by atoms with E-state index in [0.29, 0.717) is 22.8 Å². The van der Waals surface area contributed by atoms with Crippen molar-refractivity contribution in [3.05, 3.63) is 53.6 Å². The van der Waals surface area contributed by atoms with Gasteiger partial charge in [0.25, 0.3) is 0 Å². The zero-order chi connectivity index (χ0) is 23.6. The third kappa shape index (κ3) is 6.38. The summed E-state index contributed by atoms with van der Waals surface area (Å²) in [4.78, 5) is 12.6. The molecule has 2 rings (SSSR count). The van der Waals surface area contributed by atoms with Gasteiger partial charge >= 0.3 is 13.7 Å². The van der Waals surface area contributed by atoms with Crippen LogP contribution in [0.4, 0.5) is 4.79 Å². The Morgan fingerprint density at radius 2 is 1.50 bits per heavy atom. The largest absolute Gasteiger partial charge is 0.493 e. The molecule has 0 aliphatic carbocycles. The first-order valence-electron chi connectivity index (χ1n) is 10.1. The highest BCUT2D eigenvalue weighted by Crippen LogP contribution is 2.60. The molecule has 0 radical (unpaired) electrons. The van der Waals surface area contributed by atoms with Gasteiger partial charge in [-0.3, -0.25) is 4.57 Å². The molecule has 0 aliphatic rings. The van der Waals surface area contributed by atoms with E-state index in [0.717, 1.165) is 5.56 Å². The van der Waals surface area contributed by atoms with Crippen molar-refractivity contribution in [2.75, 3.05) is 34.5 Å². The Hall–Kier alpha value is -2.74. The maximum atomic E-state index is 13.6. The number of hydrogen-bond acceptors (Lipinski definition) is 8. The number of rotatable bonds is 12. The van der Waals surface area contributed by atoms with Crippen LogP contribution in [0.3, 0.4) is 0 Å². The fraction of sp³-hybridized carbons (Fsp3) is 0.409. The molecule has 2 aromatic rings.